The van der Waals surface area contributed by atoms with Gasteiger partial charge in [-0.25, -0.2) is 0 Å². The van der Waals surface area contributed by atoms with Crippen molar-refractivity contribution in [1.29, 1.82) is 0 Å². The van der Waals surface area contributed by atoms with E-state index in [0.717, 1.165) is 16.6 Å². The standard InChI is InChI=1S/C9H8N2.2ClH.Pd/c10-8-5-1-3-7-4-2-6-11-9(7)8;;;/h1-6H,10H2;2*1H;/q;;;+2/p-2. The van der Waals surface area contributed by atoms with Crippen molar-refractivity contribution >= 4 is 35.6 Å². The van der Waals surface area contributed by atoms with Crippen LogP contribution in [0.5, 0.6) is 0 Å². The van der Waals surface area contributed by atoms with E-state index in [1.165, 1.54) is 0 Å². The number of fused-ring (bicyclic) bond motifs is 1. The van der Waals surface area contributed by atoms with Gasteiger partial charge in [-0.05, 0) is 12.1 Å². The zero-order valence-electron chi connectivity index (χ0n) is 7.06. The minimum absolute atomic E-state index is 0.106. The molecule has 0 saturated heterocycles. The van der Waals surface area contributed by atoms with E-state index in [1.54, 1.807) is 6.20 Å². The molecule has 0 bridgehead atoms. The number of rotatable bonds is 0. The first-order chi connectivity index (χ1) is 6.79. The molecule has 1 aromatic heterocycles. The van der Waals surface area contributed by atoms with Gasteiger partial charge in [-0.15, -0.1) is 0 Å². The van der Waals surface area contributed by atoms with Crippen LogP contribution in [0.25, 0.3) is 10.9 Å². The summed E-state index contributed by atoms with van der Waals surface area (Å²) in [5.74, 6) is 0. The molecule has 0 aliphatic carbocycles. The van der Waals surface area contributed by atoms with Crippen LogP contribution in [0.4, 0.5) is 5.69 Å². The van der Waals surface area contributed by atoms with E-state index in [1.807, 2.05) is 30.3 Å². The second-order valence-corrected chi connectivity index (χ2v) is 4.83. The third-order valence-electron chi connectivity index (χ3n) is 1.66. The Kier molecular flexibility index (Phi) is 5.21. The van der Waals surface area contributed by atoms with E-state index in [0.29, 0.717) is 0 Å². The summed E-state index contributed by atoms with van der Waals surface area (Å²) in [5.41, 5.74) is 7.32. The number of nitrogen functional groups attached to an aromatic ring is 1. The molecule has 14 heavy (non-hydrogen) atoms. The molecule has 78 valence electrons. The molecule has 0 saturated carbocycles. The summed E-state index contributed by atoms with van der Waals surface area (Å²) >= 11 is -0.106. The number of para-hydroxylation sites is 1. The molecule has 2 N–H and O–H groups in total. The number of aromatic nitrogens is 1. The van der Waals surface area contributed by atoms with Crippen LogP contribution in [0.3, 0.4) is 0 Å². The summed E-state index contributed by atoms with van der Waals surface area (Å²) in [7, 11) is 9.63. The average Bonchev–Trinajstić information content (AvgIpc) is 2.20. The Morgan fingerprint density at radius 3 is 2.43 bits per heavy atom. The van der Waals surface area contributed by atoms with Gasteiger partial charge in [0.05, 0.1) is 11.2 Å². The van der Waals surface area contributed by atoms with Crippen molar-refractivity contribution in [1.82, 2.24) is 4.98 Å². The molecule has 5 heteroatoms. The van der Waals surface area contributed by atoms with Gasteiger partial charge < -0.3 is 5.73 Å². The molecule has 0 unspecified atom stereocenters. The Hall–Kier alpha value is -0.328. The molecule has 1 heterocycles. The Balaban J connectivity index is 0.000000293. The van der Waals surface area contributed by atoms with Gasteiger partial charge in [0.25, 0.3) is 0 Å². The summed E-state index contributed by atoms with van der Waals surface area (Å²) in [6.07, 6.45) is 1.75. The third kappa shape index (κ3) is 3.11. The maximum atomic E-state index is 5.69. The topological polar surface area (TPSA) is 38.9 Å². The molecule has 0 atom stereocenters. The van der Waals surface area contributed by atoms with Crippen molar-refractivity contribution in [3.8, 4) is 0 Å². The summed E-state index contributed by atoms with van der Waals surface area (Å²) in [6, 6.07) is 9.69. The van der Waals surface area contributed by atoms with Crippen molar-refractivity contribution < 1.29 is 15.9 Å². The molecule has 0 aliphatic rings. The van der Waals surface area contributed by atoms with E-state index in [-0.39, 0.29) is 15.9 Å². The Morgan fingerprint density at radius 2 is 1.79 bits per heavy atom. The Bertz CT molecular complexity index is 403. The van der Waals surface area contributed by atoms with Crippen molar-refractivity contribution in [2.24, 2.45) is 0 Å². The fourth-order valence-electron chi connectivity index (χ4n) is 1.13. The molecule has 0 fully saturated rings. The van der Waals surface area contributed by atoms with E-state index >= 15 is 0 Å². The van der Waals surface area contributed by atoms with Crippen LogP contribution in [0, 0.1) is 0 Å². The van der Waals surface area contributed by atoms with Crippen LogP contribution >= 0.6 is 19.1 Å². The predicted molar refractivity (Wildman–Crippen MR) is 57.9 cm³/mol. The molecule has 0 radical (unpaired) electrons. The molecule has 0 spiro atoms. The molecule has 2 nitrogen and oxygen atoms in total. The second kappa shape index (κ2) is 6.21. The van der Waals surface area contributed by atoms with Gasteiger partial charge in [0, 0.05) is 11.6 Å². The van der Waals surface area contributed by atoms with Crippen molar-refractivity contribution in [3.63, 3.8) is 0 Å². The summed E-state index contributed by atoms with van der Waals surface area (Å²) < 4.78 is 0. The molecule has 2 rings (SSSR count). The monoisotopic (exact) mass is 320 g/mol. The Morgan fingerprint density at radius 1 is 1.14 bits per heavy atom. The maximum absolute atomic E-state index is 5.69. The van der Waals surface area contributed by atoms with Crippen LogP contribution in [0.2, 0.25) is 0 Å². The molecule has 0 amide bonds. The quantitative estimate of drug-likeness (QED) is 0.598. The number of benzene rings is 1. The fraction of sp³-hybridized carbons (Fsp3) is 0. The zero-order valence-corrected chi connectivity index (χ0v) is 10.1. The second-order valence-electron chi connectivity index (χ2n) is 2.47. The van der Waals surface area contributed by atoms with Crippen LogP contribution in [-0.4, -0.2) is 4.98 Å². The SMILES string of the molecule is Nc1cccc2cccnc12.[Cl][Pd][Cl]. The van der Waals surface area contributed by atoms with Crippen LogP contribution in [0.15, 0.2) is 36.5 Å². The van der Waals surface area contributed by atoms with Gasteiger partial charge >= 0.3 is 35.0 Å². The summed E-state index contributed by atoms with van der Waals surface area (Å²) in [4.78, 5) is 4.16. The molecule has 0 aliphatic heterocycles. The van der Waals surface area contributed by atoms with Gasteiger partial charge in [0.2, 0.25) is 0 Å². The first-order valence-corrected chi connectivity index (χ1v) is 7.71. The number of hydrogen-bond acceptors (Lipinski definition) is 2. The first-order valence-electron chi connectivity index (χ1n) is 3.71. The van der Waals surface area contributed by atoms with Gasteiger partial charge in [-0.3, -0.25) is 4.98 Å². The molecule has 1 aromatic carbocycles. The molecular formula is C9H8Cl2N2Pd. The third-order valence-corrected chi connectivity index (χ3v) is 1.66. The van der Waals surface area contributed by atoms with Crippen molar-refractivity contribution in [2.45, 2.75) is 0 Å². The van der Waals surface area contributed by atoms with Crippen LogP contribution in [0.1, 0.15) is 0 Å². The van der Waals surface area contributed by atoms with Crippen molar-refractivity contribution in [3.05, 3.63) is 36.5 Å². The van der Waals surface area contributed by atoms with Crippen molar-refractivity contribution in [2.75, 3.05) is 5.73 Å². The average molecular weight is 322 g/mol. The van der Waals surface area contributed by atoms with Crippen LogP contribution in [-0.2, 0) is 15.9 Å². The van der Waals surface area contributed by atoms with Gasteiger partial charge in [0.1, 0.15) is 0 Å². The normalized spacial score (nSPS) is 9.57. The number of halogens is 2. The number of anilines is 1. The summed E-state index contributed by atoms with van der Waals surface area (Å²) in [5, 5.41) is 1.09. The van der Waals surface area contributed by atoms with E-state index in [4.69, 9.17) is 24.8 Å². The molecular weight excluding hydrogens is 313 g/mol. The number of nitrogens with zero attached hydrogens (tertiary/aromatic N) is 1. The Labute approximate surface area is 98.5 Å². The summed E-state index contributed by atoms with van der Waals surface area (Å²) in [6.45, 7) is 0. The number of nitrogens with two attached hydrogens (primary N) is 1. The van der Waals surface area contributed by atoms with Gasteiger partial charge in [0.15, 0.2) is 0 Å². The molecule has 2 aromatic rings. The van der Waals surface area contributed by atoms with E-state index in [2.05, 4.69) is 4.98 Å². The fourth-order valence-corrected chi connectivity index (χ4v) is 1.13. The van der Waals surface area contributed by atoms with E-state index < -0.39 is 0 Å². The minimum atomic E-state index is -0.106. The van der Waals surface area contributed by atoms with E-state index in [9.17, 15) is 0 Å². The first kappa shape index (κ1) is 11.7. The van der Waals surface area contributed by atoms with Gasteiger partial charge in [-0.1, -0.05) is 18.2 Å². The number of pyridine rings is 1. The number of hydrogen-bond donors (Lipinski definition) is 1. The van der Waals surface area contributed by atoms with Gasteiger partial charge in [-0.2, -0.15) is 0 Å². The zero-order chi connectivity index (χ0) is 10.4. The predicted octanol–water partition coefficient (Wildman–Crippen LogP) is 3.19. The van der Waals surface area contributed by atoms with Crippen LogP contribution < -0.4 is 5.73 Å².